The van der Waals surface area contributed by atoms with Gasteiger partial charge in [-0.2, -0.15) is 0 Å². The molecule has 4 heteroatoms. The molecule has 2 aromatic rings. The highest BCUT2D eigenvalue weighted by molar-refractivity contribution is 6.13. The van der Waals surface area contributed by atoms with E-state index in [0.29, 0.717) is 11.1 Å². The molecule has 0 radical (unpaired) electrons. The first-order valence-corrected chi connectivity index (χ1v) is 6.65. The fourth-order valence-electron chi connectivity index (χ4n) is 2.96. The molecule has 0 saturated heterocycles. The largest absolute Gasteiger partial charge is 0.478 e. The molecule has 4 nitrogen and oxygen atoms in total. The van der Waals surface area contributed by atoms with Gasteiger partial charge in [0.25, 0.3) is 0 Å². The molecule has 0 amide bonds. The van der Waals surface area contributed by atoms with Gasteiger partial charge in [-0.15, -0.1) is 0 Å². The van der Waals surface area contributed by atoms with Gasteiger partial charge < -0.3 is 9.67 Å². The summed E-state index contributed by atoms with van der Waals surface area (Å²) < 4.78 is 1.94. The first-order chi connectivity index (χ1) is 9.25. The summed E-state index contributed by atoms with van der Waals surface area (Å²) in [6.07, 6.45) is 0. The topological polar surface area (TPSA) is 59.3 Å². The number of hydrogen-bond donors (Lipinski definition) is 1. The summed E-state index contributed by atoms with van der Waals surface area (Å²) >= 11 is 0. The number of carboxylic acids is 1. The van der Waals surface area contributed by atoms with Crippen molar-refractivity contribution < 1.29 is 14.7 Å². The number of Topliss-reactive ketones (excluding diaryl/α,β-unsaturated/α-hetero) is 1. The van der Waals surface area contributed by atoms with Crippen LogP contribution in [0.3, 0.4) is 0 Å². The van der Waals surface area contributed by atoms with Crippen molar-refractivity contribution in [1.29, 1.82) is 0 Å². The maximum absolute atomic E-state index is 11.9. The molecular weight excluding hydrogens is 254 g/mol. The molecule has 1 N–H and O–H groups in total. The summed E-state index contributed by atoms with van der Waals surface area (Å²) in [5.41, 5.74) is 3.19. The van der Waals surface area contributed by atoms with E-state index in [-0.39, 0.29) is 17.4 Å². The van der Waals surface area contributed by atoms with Gasteiger partial charge in [-0.05, 0) is 52.3 Å². The van der Waals surface area contributed by atoms with Crippen LogP contribution in [-0.4, -0.2) is 21.4 Å². The lowest BCUT2D eigenvalue weighted by molar-refractivity contribution is 0.0698. The van der Waals surface area contributed by atoms with Crippen molar-refractivity contribution in [2.45, 2.75) is 40.7 Å². The van der Waals surface area contributed by atoms with E-state index in [1.165, 1.54) is 6.92 Å². The quantitative estimate of drug-likeness (QED) is 0.867. The maximum atomic E-state index is 11.9. The number of carbonyl (C=O) groups excluding carboxylic acids is 1. The highest BCUT2D eigenvalue weighted by Gasteiger charge is 2.23. The van der Waals surface area contributed by atoms with Crippen molar-refractivity contribution >= 4 is 22.7 Å². The molecule has 1 aromatic heterocycles. The number of benzene rings is 1. The number of aryl methyl sites for hydroxylation is 1. The molecule has 106 valence electrons. The monoisotopic (exact) mass is 273 g/mol. The van der Waals surface area contributed by atoms with Crippen LogP contribution in [0.5, 0.6) is 0 Å². The van der Waals surface area contributed by atoms with Gasteiger partial charge >= 0.3 is 5.97 Å². The Morgan fingerprint density at radius 1 is 1.20 bits per heavy atom. The van der Waals surface area contributed by atoms with Crippen LogP contribution < -0.4 is 0 Å². The Balaban J connectivity index is 3.08. The van der Waals surface area contributed by atoms with Crippen LogP contribution in [0.25, 0.3) is 10.9 Å². The molecule has 0 saturated carbocycles. The van der Waals surface area contributed by atoms with E-state index >= 15 is 0 Å². The zero-order valence-corrected chi connectivity index (χ0v) is 12.4. The lowest BCUT2D eigenvalue weighted by Crippen LogP contribution is -2.07. The maximum Gasteiger partial charge on any atom is 0.337 e. The Kier molecular flexibility index (Phi) is 3.42. The molecule has 0 spiro atoms. The van der Waals surface area contributed by atoms with Gasteiger partial charge in [-0.1, -0.05) is 0 Å². The van der Waals surface area contributed by atoms with Gasteiger partial charge in [-0.3, -0.25) is 4.79 Å². The fraction of sp³-hybridized carbons (Fsp3) is 0.375. The summed E-state index contributed by atoms with van der Waals surface area (Å²) in [4.78, 5) is 23.5. The minimum Gasteiger partial charge on any atom is -0.478 e. The van der Waals surface area contributed by atoms with E-state index in [2.05, 4.69) is 0 Å². The van der Waals surface area contributed by atoms with E-state index in [9.17, 15) is 14.7 Å². The second kappa shape index (κ2) is 4.78. The van der Waals surface area contributed by atoms with Crippen molar-refractivity contribution in [2.24, 2.45) is 0 Å². The summed E-state index contributed by atoms with van der Waals surface area (Å²) in [6, 6.07) is 3.64. The number of hydrogen-bond acceptors (Lipinski definition) is 2. The number of rotatable bonds is 3. The van der Waals surface area contributed by atoms with Gasteiger partial charge in [0.05, 0.1) is 11.1 Å². The average Bonchev–Trinajstić information content (AvgIpc) is 2.59. The van der Waals surface area contributed by atoms with Gasteiger partial charge in [0.15, 0.2) is 5.78 Å². The molecule has 20 heavy (non-hydrogen) atoms. The number of aromatic carboxylic acids is 1. The molecule has 0 unspecified atom stereocenters. The smallest absolute Gasteiger partial charge is 0.337 e. The predicted molar refractivity (Wildman–Crippen MR) is 78.8 cm³/mol. The summed E-state index contributed by atoms with van der Waals surface area (Å²) in [7, 11) is 0. The molecule has 0 atom stereocenters. The van der Waals surface area contributed by atoms with Crippen LogP contribution in [-0.2, 0) is 0 Å². The SMILES string of the molecule is CC(=O)c1c(C)n(C(C)C)c2c(C(=O)O)cc(C)cc12. The first-order valence-electron chi connectivity index (χ1n) is 6.65. The molecule has 0 bridgehead atoms. The predicted octanol–water partition coefficient (Wildman–Crippen LogP) is 3.74. The molecule has 0 aliphatic heterocycles. The number of nitrogens with zero attached hydrogens (tertiary/aromatic N) is 1. The van der Waals surface area contributed by atoms with Crippen molar-refractivity contribution in [3.8, 4) is 0 Å². The zero-order valence-electron chi connectivity index (χ0n) is 12.4. The number of fused-ring (bicyclic) bond motifs is 1. The number of ketones is 1. The van der Waals surface area contributed by atoms with Gasteiger partial charge in [0.2, 0.25) is 0 Å². The van der Waals surface area contributed by atoms with Crippen LogP contribution in [0.4, 0.5) is 0 Å². The Labute approximate surface area is 118 Å². The number of carboxylic acid groups (broad SMARTS) is 1. The molecule has 1 heterocycles. The zero-order chi connectivity index (χ0) is 15.2. The Morgan fingerprint density at radius 2 is 1.80 bits per heavy atom. The lowest BCUT2D eigenvalue weighted by atomic mass is 10.0. The highest BCUT2D eigenvalue weighted by Crippen LogP contribution is 2.32. The van der Waals surface area contributed by atoms with Crippen molar-refractivity contribution in [3.05, 3.63) is 34.5 Å². The van der Waals surface area contributed by atoms with Gasteiger partial charge in [0.1, 0.15) is 0 Å². The van der Waals surface area contributed by atoms with Gasteiger partial charge in [0, 0.05) is 22.7 Å². The van der Waals surface area contributed by atoms with Crippen molar-refractivity contribution in [2.75, 3.05) is 0 Å². The minimum absolute atomic E-state index is 0.0335. The average molecular weight is 273 g/mol. The second-order valence-corrected chi connectivity index (χ2v) is 5.49. The molecular formula is C16H19NO3. The van der Waals surface area contributed by atoms with E-state index in [1.54, 1.807) is 6.07 Å². The summed E-state index contributed by atoms with van der Waals surface area (Å²) in [5, 5.41) is 10.2. The van der Waals surface area contributed by atoms with Gasteiger partial charge in [-0.25, -0.2) is 4.79 Å². The first kappa shape index (κ1) is 14.3. The molecule has 0 aliphatic carbocycles. The fourth-order valence-corrected chi connectivity index (χ4v) is 2.96. The van der Waals surface area contributed by atoms with E-state index < -0.39 is 5.97 Å². The lowest BCUT2D eigenvalue weighted by Gasteiger charge is -2.14. The molecule has 0 fully saturated rings. The van der Waals surface area contributed by atoms with E-state index in [4.69, 9.17) is 0 Å². The summed E-state index contributed by atoms with van der Waals surface area (Å²) in [6.45, 7) is 9.22. The molecule has 2 rings (SSSR count). The molecule has 0 aliphatic rings. The van der Waals surface area contributed by atoms with Crippen LogP contribution in [0.15, 0.2) is 12.1 Å². The Morgan fingerprint density at radius 3 is 2.25 bits per heavy atom. The third-order valence-electron chi connectivity index (χ3n) is 3.59. The van der Waals surface area contributed by atoms with Crippen molar-refractivity contribution in [1.82, 2.24) is 4.57 Å². The van der Waals surface area contributed by atoms with Crippen LogP contribution >= 0.6 is 0 Å². The Bertz CT molecular complexity index is 723. The number of aromatic nitrogens is 1. The van der Waals surface area contributed by atoms with Crippen LogP contribution in [0, 0.1) is 13.8 Å². The normalized spacial score (nSPS) is 11.3. The van der Waals surface area contributed by atoms with Crippen molar-refractivity contribution in [3.63, 3.8) is 0 Å². The third-order valence-corrected chi connectivity index (χ3v) is 3.59. The van der Waals surface area contributed by atoms with Crippen LogP contribution in [0.2, 0.25) is 0 Å². The van der Waals surface area contributed by atoms with E-state index in [0.717, 1.165) is 16.6 Å². The number of carbonyl (C=O) groups is 2. The van der Waals surface area contributed by atoms with E-state index in [1.807, 2.05) is 38.3 Å². The third kappa shape index (κ3) is 2.01. The highest BCUT2D eigenvalue weighted by atomic mass is 16.4. The minimum atomic E-state index is -0.965. The second-order valence-electron chi connectivity index (χ2n) is 5.49. The standard InChI is InChI=1S/C16H19NO3/c1-8(2)17-10(4)14(11(5)18)12-6-9(3)7-13(15(12)17)16(19)20/h6-8H,1-5H3,(H,19,20). The van der Waals surface area contributed by atoms with Crippen LogP contribution in [0.1, 0.15) is 58.8 Å². The molecule has 1 aromatic carbocycles. The summed E-state index contributed by atoms with van der Waals surface area (Å²) in [5.74, 6) is -0.998. The Hall–Kier alpha value is -2.10.